The summed E-state index contributed by atoms with van der Waals surface area (Å²) in [5.74, 6) is -0.131. The van der Waals surface area contributed by atoms with Gasteiger partial charge in [0.15, 0.2) is 5.69 Å². The second-order valence-corrected chi connectivity index (χ2v) is 3.51. The lowest BCUT2D eigenvalue weighted by atomic mass is 10.4. The highest BCUT2D eigenvalue weighted by molar-refractivity contribution is 5.80. The molecule has 1 rings (SSSR count). The highest BCUT2D eigenvalue weighted by atomic mass is 19.4. The van der Waals surface area contributed by atoms with E-state index in [-0.39, 0.29) is 18.3 Å². The second-order valence-electron chi connectivity index (χ2n) is 3.51. The standard InChI is InChI=1S/C10H13F3N4O/c1-2-5-14-9(18)6-15-8-4-3-7(16-17-8)10(11,12)13/h3-4H,2,5-6H2,1H3,(H,14,18)(H,15,17). The number of alkyl halides is 3. The van der Waals surface area contributed by atoms with Crippen LogP contribution in [0.1, 0.15) is 19.0 Å². The van der Waals surface area contributed by atoms with E-state index in [4.69, 9.17) is 0 Å². The minimum absolute atomic E-state index is 0.0555. The van der Waals surface area contributed by atoms with Gasteiger partial charge in [-0.05, 0) is 18.6 Å². The van der Waals surface area contributed by atoms with Crippen molar-refractivity contribution in [3.8, 4) is 0 Å². The van der Waals surface area contributed by atoms with Crippen molar-refractivity contribution in [2.45, 2.75) is 19.5 Å². The fourth-order valence-electron chi connectivity index (χ4n) is 1.08. The highest BCUT2D eigenvalue weighted by Crippen LogP contribution is 2.26. The molecule has 1 aromatic rings. The number of carbonyl (C=O) groups excluding carboxylic acids is 1. The Labute approximate surface area is 102 Å². The van der Waals surface area contributed by atoms with Gasteiger partial charge in [-0.1, -0.05) is 6.92 Å². The number of aromatic nitrogens is 2. The third kappa shape index (κ3) is 4.56. The Bertz CT molecular complexity index is 391. The van der Waals surface area contributed by atoms with E-state index in [9.17, 15) is 18.0 Å². The van der Waals surface area contributed by atoms with Gasteiger partial charge in [0.2, 0.25) is 5.91 Å². The molecule has 8 heteroatoms. The molecule has 100 valence electrons. The number of nitrogens with zero attached hydrogens (tertiary/aromatic N) is 2. The summed E-state index contributed by atoms with van der Waals surface area (Å²) in [4.78, 5) is 11.2. The first-order chi connectivity index (χ1) is 8.43. The first-order valence-corrected chi connectivity index (χ1v) is 5.35. The Hall–Kier alpha value is -1.86. The largest absolute Gasteiger partial charge is 0.435 e. The molecule has 0 spiro atoms. The second kappa shape index (κ2) is 6.18. The third-order valence-corrected chi connectivity index (χ3v) is 1.96. The molecule has 0 unspecified atom stereocenters. The van der Waals surface area contributed by atoms with Crippen LogP contribution in [0.25, 0.3) is 0 Å². The van der Waals surface area contributed by atoms with Gasteiger partial charge in [0.25, 0.3) is 0 Å². The minimum Gasteiger partial charge on any atom is -0.360 e. The zero-order valence-electron chi connectivity index (χ0n) is 9.71. The average Bonchev–Trinajstić information content (AvgIpc) is 2.33. The molecule has 1 heterocycles. The number of nitrogens with one attached hydrogen (secondary N) is 2. The predicted octanol–water partition coefficient (Wildman–Crippen LogP) is 1.43. The van der Waals surface area contributed by atoms with E-state index in [2.05, 4.69) is 20.8 Å². The van der Waals surface area contributed by atoms with Gasteiger partial charge in [-0.25, -0.2) is 0 Å². The summed E-state index contributed by atoms with van der Waals surface area (Å²) < 4.78 is 36.6. The lowest BCUT2D eigenvalue weighted by molar-refractivity contribution is -0.141. The van der Waals surface area contributed by atoms with E-state index < -0.39 is 11.9 Å². The van der Waals surface area contributed by atoms with Crippen LogP contribution in [0.4, 0.5) is 19.0 Å². The maximum atomic E-state index is 12.2. The maximum Gasteiger partial charge on any atom is 0.435 e. The Morgan fingerprint density at radius 1 is 1.33 bits per heavy atom. The summed E-state index contributed by atoms with van der Waals surface area (Å²) >= 11 is 0. The summed E-state index contributed by atoms with van der Waals surface area (Å²) in [6.07, 6.45) is -3.70. The molecular weight excluding hydrogens is 249 g/mol. The smallest absolute Gasteiger partial charge is 0.360 e. The molecule has 0 radical (unpaired) electrons. The fraction of sp³-hybridized carbons (Fsp3) is 0.500. The summed E-state index contributed by atoms with van der Waals surface area (Å²) in [6, 6.07) is 1.93. The molecular formula is C10H13F3N4O. The van der Waals surface area contributed by atoms with Crippen molar-refractivity contribution in [2.24, 2.45) is 0 Å². The summed E-state index contributed by atoms with van der Waals surface area (Å²) in [7, 11) is 0. The molecule has 0 aliphatic carbocycles. The Morgan fingerprint density at radius 3 is 2.56 bits per heavy atom. The quantitative estimate of drug-likeness (QED) is 0.842. The zero-order chi connectivity index (χ0) is 13.6. The number of hydrogen-bond acceptors (Lipinski definition) is 4. The van der Waals surface area contributed by atoms with E-state index in [1.165, 1.54) is 0 Å². The van der Waals surface area contributed by atoms with Crippen LogP contribution in [0, 0.1) is 0 Å². The highest BCUT2D eigenvalue weighted by Gasteiger charge is 2.32. The molecule has 5 nitrogen and oxygen atoms in total. The first-order valence-electron chi connectivity index (χ1n) is 5.35. The Balaban J connectivity index is 2.47. The van der Waals surface area contributed by atoms with E-state index in [0.717, 1.165) is 18.6 Å². The van der Waals surface area contributed by atoms with Crippen molar-refractivity contribution in [1.82, 2.24) is 15.5 Å². The van der Waals surface area contributed by atoms with Crippen LogP contribution >= 0.6 is 0 Å². The van der Waals surface area contributed by atoms with Gasteiger partial charge < -0.3 is 10.6 Å². The summed E-state index contributed by atoms with van der Waals surface area (Å²) in [6.45, 7) is 2.41. The molecule has 0 atom stereocenters. The number of carbonyl (C=O) groups is 1. The van der Waals surface area contributed by atoms with E-state index in [0.29, 0.717) is 6.54 Å². The molecule has 0 aliphatic rings. The molecule has 1 aromatic heterocycles. The molecule has 2 N–H and O–H groups in total. The number of rotatable bonds is 5. The van der Waals surface area contributed by atoms with Gasteiger partial charge in [0.05, 0.1) is 6.54 Å². The SMILES string of the molecule is CCCNC(=O)CNc1ccc(C(F)(F)F)nn1. The van der Waals surface area contributed by atoms with Gasteiger partial charge in [-0.2, -0.15) is 13.2 Å². The van der Waals surface area contributed by atoms with Crippen molar-refractivity contribution in [3.63, 3.8) is 0 Å². The first kappa shape index (κ1) is 14.2. The van der Waals surface area contributed by atoms with Gasteiger partial charge >= 0.3 is 6.18 Å². The number of anilines is 1. The van der Waals surface area contributed by atoms with Crippen LogP contribution in [0.2, 0.25) is 0 Å². The minimum atomic E-state index is -4.51. The predicted molar refractivity (Wildman–Crippen MR) is 58.8 cm³/mol. The number of amides is 1. The van der Waals surface area contributed by atoms with Crippen molar-refractivity contribution in [2.75, 3.05) is 18.4 Å². The molecule has 0 fully saturated rings. The van der Waals surface area contributed by atoms with Crippen molar-refractivity contribution < 1.29 is 18.0 Å². The normalized spacial score (nSPS) is 11.1. The van der Waals surface area contributed by atoms with Gasteiger partial charge in [-0.15, -0.1) is 10.2 Å². The molecule has 0 saturated heterocycles. The van der Waals surface area contributed by atoms with Crippen molar-refractivity contribution in [1.29, 1.82) is 0 Å². The van der Waals surface area contributed by atoms with Crippen LogP contribution < -0.4 is 10.6 Å². The molecule has 1 amide bonds. The molecule has 0 aliphatic heterocycles. The van der Waals surface area contributed by atoms with E-state index in [1.54, 1.807) is 0 Å². The maximum absolute atomic E-state index is 12.2. The lowest BCUT2D eigenvalue weighted by Crippen LogP contribution is -2.30. The summed E-state index contributed by atoms with van der Waals surface area (Å²) in [5, 5.41) is 11.5. The van der Waals surface area contributed by atoms with Gasteiger partial charge in [0, 0.05) is 6.54 Å². The third-order valence-electron chi connectivity index (χ3n) is 1.96. The van der Waals surface area contributed by atoms with Crippen molar-refractivity contribution in [3.05, 3.63) is 17.8 Å². The average molecular weight is 262 g/mol. The Kier molecular flexibility index (Phi) is 4.87. The van der Waals surface area contributed by atoms with Crippen LogP contribution in [0.15, 0.2) is 12.1 Å². The molecule has 0 aromatic carbocycles. The molecule has 18 heavy (non-hydrogen) atoms. The topological polar surface area (TPSA) is 66.9 Å². The van der Waals surface area contributed by atoms with E-state index >= 15 is 0 Å². The van der Waals surface area contributed by atoms with Crippen LogP contribution in [0.5, 0.6) is 0 Å². The van der Waals surface area contributed by atoms with Gasteiger partial charge in [-0.3, -0.25) is 4.79 Å². The van der Waals surface area contributed by atoms with Crippen LogP contribution in [-0.2, 0) is 11.0 Å². The summed E-state index contributed by atoms with van der Waals surface area (Å²) in [5.41, 5.74) is -1.07. The van der Waals surface area contributed by atoms with Crippen molar-refractivity contribution >= 4 is 11.7 Å². The van der Waals surface area contributed by atoms with E-state index in [1.807, 2.05) is 6.92 Å². The number of hydrogen-bond donors (Lipinski definition) is 2. The fourth-order valence-corrected chi connectivity index (χ4v) is 1.08. The van der Waals surface area contributed by atoms with Gasteiger partial charge in [0.1, 0.15) is 5.82 Å². The molecule has 0 saturated carbocycles. The Morgan fingerprint density at radius 2 is 2.06 bits per heavy atom. The number of halogens is 3. The van der Waals surface area contributed by atoms with Crippen LogP contribution in [0.3, 0.4) is 0 Å². The lowest BCUT2D eigenvalue weighted by Gasteiger charge is -2.07. The van der Waals surface area contributed by atoms with Crippen LogP contribution in [-0.4, -0.2) is 29.2 Å². The molecule has 0 bridgehead atoms. The zero-order valence-corrected chi connectivity index (χ0v) is 9.71. The monoisotopic (exact) mass is 262 g/mol.